The van der Waals surface area contributed by atoms with E-state index in [1.54, 1.807) is 18.2 Å². The highest BCUT2D eigenvalue weighted by Gasteiger charge is 2.58. The summed E-state index contributed by atoms with van der Waals surface area (Å²) in [5, 5.41) is 0.414. The molecule has 3 aliphatic carbocycles. The van der Waals surface area contributed by atoms with E-state index in [9.17, 15) is 13.2 Å². The molecule has 1 aromatic rings. The van der Waals surface area contributed by atoms with Gasteiger partial charge < -0.3 is 4.74 Å². The van der Waals surface area contributed by atoms with E-state index in [2.05, 4.69) is 35.5 Å². The Hall–Kier alpha value is -1.37. The van der Waals surface area contributed by atoms with Crippen LogP contribution in [0.3, 0.4) is 0 Å². The zero-order chi connectivity index (χ0) is 21.9. The number of ether oxygens (including phenoxy) is 1. The van der Waals surface area contributed by atoms with Crippen molar-refractivity contribution in [3.8, 4) is 0 Å². The van der Waals surface area contributed by atoms with Crippen molar-refractivity contribution < 1.29 is 17.9 Å². The highest BCUT2D eigenvalue weighted by atomic mass is 35.5. The summed E-state index contributed by atoms with van der Waals surface area (Å²) in [7, 11) is -2.23. The van der Waals surface area contributed by atoms with Crippen LogP contribution in [0.5, 0.6) is 0 Å². The highest BCUT2D eigenvalue weighted by Crippen LogP contribution is 2.61. The van der Waals surface area contributed by atoms with Crippen LogP contribution in [0.25, 0.3) is 0 Å². The van der Waals surface area contributed by atoms with Gasteiger partial charge in [-0.05, 0) is 73.5 Å². The molecule has 0 aliphatic heterocycles. The SMILES string of the molecule is COC(=O)CCC/C=C\CC1CC2CC(C1NS(=O)(=O)c1cccc(Cl)c1)C2(C)C. The molecule has 0 heterocycles. The van der Waals surface area contributed by atoms with Gasteiger partial charge in [-0.3, -0.25) is 4.79 Å². The van der Waals surface area contributed by atoms with Gasteiger partial charge in [0.05, 0.1) is 12.0 Å². The third-order valence-corrected chi connectivity index (χ3v) is 8.75. The van der Waals surface area contributed by atoms with Gasteiger partial charge in [-0.25, -0.2) is 13.1 Å². The Bertz CT molecular complexity index is 896. The van der Waals surface area contributed by atoms with Crippen LogP contribution in [0, 0.1) is 23.2 Å². The zero-order valence-electron chi connectivity index (χ0n) is 17.9. The van der Waals surface area contributed by atoms with E-state index in [0.717, 1.165) is 32.1 Å². The Morgan fingerprint density at radius 2 is 2.07 bits per heavy atom. The molecular weight excluding hydrogens is 422 g/mol. The Labute approximate surface area is 185 Å². The molecule has 5 nitrogen and oxygen atoms in total. The number of benzene rings is 1. The Kier molecular flexibility index (Phi) is 7.31. The van der Waals surface area contributed by atoms with Gasteiger partial charge in [0, 0.05) is 17.5 Å². The number of allylic oxidation sites excluding steroid dienone is 2. The number of fused-ring (bicyclic) bond motifs is 2. The molecule has 3 fully saturated rings. The molecule has 7 heteroatoms. The molecule has 3 saturated carbocycles. The highest BCUT2D eigenvalue weighted by molar-refractivity contribution is 7.89. The number of sulfonamides is 1. The fourth-order valence-corrected chi connectivity index (χ4v) is 6.71. The number of hydrogen-bond acceptors (Lipinski definition) is 4. The van der Waals surface area contributed by atoms with Crippen LogP contribution in [-0.4, -0.2) is 27.5 Å². The minimum absolute atomic E-state index is 0.0892. The molecule has 0 aromatic heterocycles. The second-order valence-electron chi connectivity index (χ2n) is 9.14. The quantitative estimate of drug-likeness (QED) is 0.326. The van der Waals surface area contributed by atoms with Crippen LogP contribution in [-0.2, 0) is 19.6 Å². The number of carbonyl (C=O) groups excluding carboxylic acids is 1. The molecule has 4 rings (SSSR count). The molecule has 0 radical (unpaired) electrons. The van der Waals surface area contributed by atoms with Crippen LogP contribution in [0.2, 0.25) is 5.02 Å². The largest absolute Gasteiger partial charge is 0.469 e. The maximum atomic E-state index is 13.0. The summed E-state index contributed by atoms with van der Waals surface area (Å²) in [6.45, 7) is 4.51. The summed E-state index contributed by atoms with van der Waals surface area (Å²) in [6, 6.07) is 6.33. The number of carbonyl (C=O) groups is 1. The van der Waals surface area contributed by atoms with Gasteiger partial charge in [0.1, 0.15) is 0 Å². The van der Waals surface area contributed by atoms with Crippen LogP contribution in [0.4, 0.5) is 0 Å². The Morgan fingerprint density at radius 1 is 1.30 bits per heavy atom. The van der Waals surface area contributed by atoms with Gasteiger partial charge in [0.15, 0.2) is 0 Å². The topological polar surface area (TPSA) is 72.5 Å². The Morgan fingerprint density at radius 3 is 2.73 bits per heavy atom. The first kappa shape index (κ1) is 23.3. The van der Waals surface area contributed by atoms with Crippen molar-refractivity contribution in [2.75, 3.05) is 7.11 Å². The van der Waals surface area contributed by atoms with Crippen LogP contribution in [0.1, 0.15) is 52.4 Å². The second kappa shape index (κ2) is 9.41. The normalized spacial score (nSPS) is 27.6. The van der Waals surface area contributed by atoms with E-state index in [1.165, 1.54) is 13.2 Å². The standard InChI is InChI=1S/C23H32ClNO4S/c1-23(2)17-13-16(9-6-4-5-7-12-21(26)29-3)22(20(23)14-17)25-30(27,28)19-11-8-10-18(24)15-19/h4,6,8,10-11,15-17,20,22,25H,5,7,9,12-14H2,1-3H3/b6-4-. The zero-order valence-corrected chi connectivity index (χ0v) is 19.5. The van der Waals surface area contributed by atoms with E-state index in [-0.39, 0.29) is 28.2 Å². The number of esters is 1. The maximum absolute atomic E-state index is 13.0. The third kappa shape index (κ3) is 5.09. The minimum Gasteiger partial charge on any atom is -0.469 e. The van der Waals surface area contributed by atoms with E-state index in [0.29, 0.717) is 23.3 Å². The van der Waals surface area contributed by atoms with Gasteiger partial charge in [-0.2, -0.15) is 0 Å². The summed E-state index contributed by atoms with van der Waals surface area (Å²) >= 11 is 6.01. The molecule has 1 N–H and O–H groups in total. The van der Waals surface area contributed by atoms with Crippen molar-refractivity contribution in [3.05, 3.63) is 41.4 Å². The van der Waals surface area contributed by atoms with Crippen molar-refractivity contribution >= 4 is 27.6 Å². The summed E-state index contributed by atoms with van der Waals surface area (Å²) in [5.74, 6) is 1.07. The summed E-state index contributed by atoms with van der Waals surface area (Å²) < 4.78 is 33.8. The molecule has 1 aromatic carbocycles. The van der Waals surface area contributed by atoms with E-state index in [4.69, 9.17) is 11.6 Å². The van der Waals surface area contributed by atoms with Gasteiger partial charge in [0.25, 0.3) is 0 Å². The molecule has 0 amide bonds. The van der Waals surface area contributed by atoms with Crippen LogP contribution in [0.15, 0.2) is 41.3 Å². The van der Waals surface area contributed by atoms with Crippen molar-refractivity contribution in [3.63, 3.8) is 0 Å². The maximum Gasteiger partial charge on any atom is 0.305 e. The molecule has 166 valence electrons. The van der Waals surface area contributed by atoms with Gasteiger partial charge in [-0.15, -0.1) is 0 Å². The molecule has 0 saturated heterocycles. The number of hydrogen-bond donors (Lipinski definition) is 1. The average molecular weight is 454 g/mol. The molecule has 4 unspecified atom stereocenters. The Balaban J connectivity index is 1.66. The molecule has 4 atom stereocenters. The minimum atomic E-state index is -3.64. The molecule has 3 aliphatic rings. The van der Waals surface area contributed by atoms with E-state index >= 15 is 0 Å². The summed E-state index contributed by atoms with van der Waals surface area (Å²) in [6.07, 6.45) is 9.18. The van der Waals surface area contributed by atoms with Crippen molar-refractivity contribution in [1.29, 1.82) is 0 Å². The average Bonchev–Trinajstić information content (AvgIpc) is 2.70. The monoisotopic (exact) mass is 453 g/mol. The lowest BCUT2D eigenvalue weighted by atomic mass is 9.45. The van der Waals surface area contributed by atoms with E-state index in [1.807, 2.05) is 0 Å². The van der Waals surface area contributed by atoms with Crippen LogP contribution >= 0.6 is 11.6 Å². The van der Waals surface area contributed by atoms with Crippen molar-refractivity contribution in [2.24, 2.45) is 23.2 Å². The van der Waals surface area contributed by atoms with Gasteiger partial charge in [0.2, 0.25) is 10.0 Å². The molecule has 2 bridgehead atoms. The second-order valence-corrected chi connectivity index (χ2v) is 11.3. The van der Waals surface area contributed by atoms with Crippen molar-refractivity contribution in [2.45, 2.75) is 63.3 Å². The smallest absolute Gasteiger partial charge is 0.305 e. The summed E-state index contributed by atoms with van der Waals surface area (Å²) in [5.41, 5.74) is 0.155. The third-order valence-electron chi connectivity index (χ3n) is 7.06. The molecule has 0 spiro atoms. The first-order chi connectivity index (χ1) is 14.1. The number of rotatable bonds is 9. The van der Waals surface area contributed by atoms with E-state index < -0.39 is 10.0 Å². The summed E-state index contributed by atoms with van der Waals surface area (Å²) in [4.78, 5) is 11.4. The first-order valence-corrected chi connectivity index (χ1v) is 12.5. The van der Waals surface area contributed by atoms with Gasteiger partial charge in [-0.1, -0.05) is 43.7 Å². The molecular formula is C23H32ClNO4S. The fraction of sp³-hybridized carbons (Fsp3) is 0.609. The predicted octanol–water partition coefficient (Wildman–Crippen LogP) is 4.96. The lowest BCUT2D eigenvalue weighted by Crippen LogP contribution is -2.63. The lowest BCUT2D eigenvalue weighted by Gasteiger charge is -2.62. The number of methoxy groups -OCH3 is 1. The fourth-order valence-electron chi connectivity index (χ4n) is 5.06. The number of halogens is 1. The van der Waals surface area contributed by atoms with Crippen LogP contribution < -0.4 is 4.72 Å². The lowest BCUT2D eigenvalue weighted by molar-refractivity contribution is -0.140. The number of nitrogens with one attached hydrogen (secondary N) is 1. The molecule has 30 heavy (non-hydrogen) atoms. The van der Waals surface area contributed by atoms with Crippen molar-refractivity contribution in [1.82, 2.24) is 4.72 Å². The first-order valence-electron chi connectivity index (χ1n) is 10.6. The number of unbranched alkanes of at least 4 members (excludes halogenated alkanes) is 1. The van der Waals surface area contributed by atoms with Gasteiger partial charge >= 0.3 is 5.97 Å². The predicted molar refractivity (Wildman–Crippen MR) is 119 cm³/mol.